The fourth-order valence-electron chi connectivity index (χ4n) is 4.47. The van der Waals surface area contributed by atoms with Crippen LogP contribution >= 0.6 is 27.3 Å². The third-order valence-corrected chi connectivity index (χ3v) is 7.18. The summed E-state index contributed by atoms with van der Waals surface area (Å²) in [4.78, 5) is 11.3. The van der Waals surface area contributed by atoms with Gasteiger partial charge in [-0.05, 0) is 79.5 Å². The number of anilines is 1. The van der Waals surface area contributed by atoms with Crippen molar-refractivity contribution < 1.29 is 0 Å². The molecule has 0 radical (unpaired) electrons. The van der Waals surface area contributed by atoms with Gasteiger partial charge in [-0.2, -0.15) is 11.3 Å². The van der Waals surface area contributed by atoms with Crippen LogP contribution in [-0.2, 0) is 6.42 Å². The van der Waals surface area contributed by atoms with Crippen LogP contribution in [0.1, 0.15) is 36.9 Å². The average Bonchev–Trinajstić information content (AvgIpc) is 3.38. The van der Waals surface area contributed by atoms with Crippen LogP contribution in [0.3, 0.4) is 0 Å². The van der Waals surface area contributed by atoms with Crippen molar-refractivity contribution in [1.29, 1.82) is 0 Å². The van der Waals surface area contributed by atoms with Crippen LogP contribution in [0.5, 0.6) is 0 Å². The summed E-state index contributed by atoms with van der Waals surface area (Å²) in [5, 5.41) is 10.4. The number of hydrogen-bond acceptors (Lipinski definition) is 4. The zero-order valence-electron chi connectivity index (χ0n) is 17.1. The molecular formula is C24H27BrN4S. The molecule has 1 fully saturated rings. The van der Waals surface area contributed by atoms with E-state index in [0.29, 0.717) is 0 Å². The number of fused-ring (bicyclic) bond motifs is 3. The number of thiophene rings is 1. The Balaban J connectivity index is 1.41. The molecule has 1 aliphatic heterocycles. The van der Waals surface area contributed by atoms with E-state index in [1.807, 2.05) is 0 Å². The number of rotatable bonds is 7. The number of nitrogens with one attached hydrogen (secondary N) is 2. The van der Waals surface area contributed by atoms with Gasteiger partial charge in [0.25, 0.3) is 0 Å². The van der Waals surface area contributed by atoms with Gasteiger partial charge in [0.15, 0.2) is 0 Å². The van der Waals surface area contributed by atoms with Crippen molar-refractivity contribution in [3.8, 4) is 0 Å². The van der Waals surface area contributed by atoms with Gasteiger partial charge in [0, 0.05) is 39.4 Å². The van der Waals surface area contributed by atoms with Crippen molar-refractivity contribution in [3.63, 3.8) is 0 Å². The summed E-state index contributed by atoms with van der Waals surface area (Å²) >= 11 is 5.34. The van der Waals surface area contributed by atoms with Crippen molar-refractivity contribution in [1.82, 2.24) is 14.9 Å². The standard InChI is InChI=1S/C24H27BrN4S/c25-18-5-6-20-21(14-18)28-22-15-19(13-17-7-12-30-16-17)27-24(23(20)22)26-8-4-11-29-9-2-1-3-10-29/h5-7,12,14-16,28H,1-4,8-11,13H2,(H,26,27). The Labute approximate surface area is 189 Å². The summed E-state index contributed by atoms with van der Waals surface area (Å²) in [6.07, 6.45) is 6.10. The molecule has 4 aromatic rings. The smallest absolute Gasteiger partial charge is 0.136 e. The maximum absolute atomic E-state index is 5.05. The van der Waals surface area contributed by atoms with E-state index in [0.717, 1.165) is 46.4 Å². The van der Waals surface area contributed by atoms with Gasteiger partial charge < -0.3 is 15.2 Å². The summed E-state index contributed by atoms with van der Waals surface area (Å²) in [6.45, 7) is 4.64. The molecule has 0 bridgehead atoms. The molecule has 30 heavy (non-hydrogen) atoms. The van der Waals surface area contributed by atoms with Crippen LogP contribution in [-0.4, -0.2) is 41.0 Å². The highest BCUT2D eigenvalue weighted by Crippen LogP contribution is 2.33. The Kier molecular flexibility index (Phi) is 6.07. The Morgan fingerprint density at radius 1 is 1.10 bits per heavy atom. The molecule has 0 aliphatic carbocycles. The van der Waals surface area contributed by atoms with Gasteiger partial charge in [-0.15, -0.1) is 0 Å². The van der Waals surface area contributed by atoms with Crippen LogP contribution in [0.15, 0.2) is 45.6 Å². The molecule has 156 valence electrons. The number of H-pyrrole nitrogens is 1. The van der Waals surface area contributed by atoms with Gasteiger partial charge >= 0.3 is 0 Å². The molecule has 5 rings (SSSR count). The van der Waals surface area contributed by atoms with Crippen molar-refractivity contribution in [3.05, 3.63) is 56.8 Å². The minimum absolute atomic E-state index is 0.862. The number of benzene rings is 1. The first-order valence-electron chi connectivity index (χ1n) is 10.8. The molecule has 2 N–H and O–H groups in total. The Morgan fingerprint density at radius 3 is 2.83 bits per heavy atom. The van der Waals surface area contributed by atoms with E-state index in [2.05, 4.69) is 72.2 Å². The van der Waals surface area contributed by atoms with E-state index in [1.54, 1.807) is 11.3 Å². The van der Waals surface area contributed by atoms with E-state index in [-0.39, 0.29) is 0 Å². The van der Waals surface area contributed by atoms with E-state index >= 15 is 0 Å². The maximum atomic E-state index is 5.05. The van der Waals surface area contributed by atoms with Crippen LogP contribution < -0.4 is 5.32 Å². The lowest BCUT2D eigenvalue weighted by Crippen LogP contribution is -2.31. The number of piperidine rings is 1. The lowest BCUT2D eigenvalue weighted by atomic mass is 10.1. The second-order valence-electron chi connectivity index (χ2n) is 8.19. The number of aromatic amines is 1. The van der Waals surface area contributed by atoms with Crippen molar-refractivity contribution in [2.75, 3.05) is 31.5 Å². The Morgan fingerprint density at radius 2 is 2.00 bits per heavy atom. The summed E-state index contributed by atoms with van der Waals surface area (Å²) in [7, 11) is 0. The first-order valence-corrected chi connectivity index (χ1v) is 12.6. The minimum atomic E-state index is 0.862. The fourth-order valence-corrected chi connectivity index (χ4v) is 5.50. The summed E-state index contributed by atoms with van der Waals surface area (Å²) in [5.74, 6) is 1.00. The molecule has 0 spiro atoms. The second-order valence-corrected chi connectivity index (χ2v) is 9.89. The molecule has 4 heterocycles. The van der Waals surface area contributed by atoms with Crippen molar-refractivity contribution in [2.45, 2.75) is 32.1 Å². The lowest BCUT2D eigenvalue weighted by Gasteiger charge is -2.26. The largest absolute Gasteiger partial charge is 0.369 e. The van der Waals surface area contributed by atoms with Gasteiger partial charge in [-0.25, -0.2) is 4.98 Å². The van der Waals surface area contributed by atoms with Crippen molar-refractivity contribution >= 4 is 54.9 Å². The molecule has 0 amide bonds. The predicted molar refractivity (Wildman–Crippen MR) is 132 cm³/mol. The highest BCUT2D eigenvalue weighted by atomic mass is 79.9. The molecule has 6 heteroatoms. The molecule has 0 atom stereocenters. The normalized spacial score (nSPS) is 15.2. The summed E-state index contributed by atoms with van der Waals surface area (Å²) < 4.78 is 1.09. The minimum Gasteiger partial charge on any atom is -0.369 e. The van der Waals surface area contributed by atoms with Crippen LogP contribution in [0.25, 0.3) is 21.8 Å². The Hall–Kier alpha value is -1.89. The van der Waals surface area contributed by atoms with Gasteiger partial charge in [-0.1, -0.05) is 28.4 Å². The monoisotopic (exact) mass is 482 g/mol. The summed E-state index contributed by atoms with van der Waals surface area (Å²) in [5.41, 5.74) is 4.72. The number of pyridine rings is 1. The third kappa shape index (κ3) is 4.41. The van der Waals surface area contributed by atoms with E-state index in [9.17, 15) is 0 Å². The molecule has 1 aliphatic rings. The van der Waals surface area contributed by atoms with Gasteiger partial charge in [0.05, 0.1) is 5.52 Å². The van der Waals surface area contributed by atoms with Crippen LogP contribution in [0.2, 0.25) is 0 Å². The zero-order chi connectivity index (χ0) is 20.3. The van der Waals surface area contributed by atoms with Gasteiger partial charge in [-0.3, -0.25) is 0 Å². The Bertz CT molecular complexity index is 1130. The fraction of sp³-hybridized carbons (Fsp3) is 0.375. The summed E-state index contributed by atoms with van der Waals surface area (Å²) in [6, 6.07) is 10.8. The number of hydrogen-bond donors (Lipinski definition) is 2. The number of likely N-dealkylation sites (tertiary alicyclic amines) is 1. The van der Waals surface area contributed by atoms with Crippen molar-refractivity contribution in [2.24, 2.45) is 0 Å². The predicted octanol–water partition coefficient (Wildman–Crippen LogP) is 6.42. The van der Waals surface area contributed by atoms with E-state index < -0.39 is 0 Å². The topological polar surface area (TPSA) is 44.0 Å². The third-order valence-electron chi connectivity index (χ3n) is 5.95. The molecule has 0 saturated carbocycles. The number of aromatic nitrogens is 2. The second kappa shape index (κ2) is 9.08. The van der Waals surface area contributed by atoms with E-state index in [4.69, 9.17) is 4.98 Å². The van der Waals surface area contributed by atoms with Gasteiger partial charge in [0.1, 0.15) is 5.82 Å². The lowest BCUT2D eigenvalue weighted by molar-refractivity contribution is 0.228. The average molecular weight is 483 g/mol. The SMILES string of the molecule is Brc1ccc2c(c1)[nH]c1cc(Cc3ccsc3)nc(NCCCN3CCCCC3)c12. The first-order chi connectivity index (χ1) is 14.8. The van der Waals surface area contributed by atoms with Crippen LogP contribution in [0.4, 0.5) is 5.82 Å². The zero-order valence-corrected chi connectivity index (χ0v) is 19.5. The maximum Gasteiger partial charge on any atom is 0.136 e. The van der Waals surface area contributed by atoms with Crippen LogP contribution in [0, 0.1) is 0 Å². The molecule has 0 unspecified atom stereocenters. The molecule has 4 nitrogen and oxygen atoms in total. The van der Waals surface area contributed by atoms with E-state index in [1.165, 1.54) is 55.2 Å². The molecule has 1 aromatic carbocycles. The molecule has 1 saturated heterocycles. The highest BCUT2D eigenvalue weighted by Gasteiger charge is 2.14. The number of nitrogens with zero attached hydrogens (tertiary/aromatic N) is 2. The first kappa shape index (κ1) is 20.0. The van der Waals surface area contributed by atoms with Gasteiger partial charge in [0.2, 0.25) is 0 Å². The molecular weight excluding hydrogens is 456 g/mol. The molecule has 3 aromatic heterocycles. The number of halogens is 1. The quantitative estimate of drug-likeness (QED) is 0.298. The highest BCUT2D eigenvalue weighted by molar-refractivity contribution is 9.10.